The van der Waals surface area contributed by atoms with E-state index in [1.165, 1.54) is 12.1 Å². The van der Waals surface area contributed by atoms with Gasteiger partial charge in [-0.1, -0.05) is 0 Å². The van der Waals surface area contributed by atoms with Crippen molar-refractivity contribution in [3.63, 3.8) is 0 Å². The average molecular weight is 300 g/mol. The van der Waals surface area contributed by atoms with Crippen molar-refractivity contribution in [2.45, 2.75) is 24.8 Å². The van der Waals surface area contributed by atoms with Crippen molar-refractivity contribution in [1.29, 1.82) is 0 Å². The second kappa shape index (κ2) is 5.16. The summed E-state index contributed by atoms with van der Waals surface area (Å²) < 4.78 is 39.0. The van der Waals surface area contributed by atoms with Gasteiger partial charge in [0.05, 0.1) is 21.7 Å². The molecular formula is C14H15F3N2S. The average Bonchev–Trinajstić information content (AvgIpc) is 2.88. The van der Waals surface area contributed by atoms with E-state index in [0.717, 1.165) is 17.8 Å². The Morgan fingerprint density at radius 2 is 1.65 bits per heavy atom. The highest BCUT2D eigenvalue weighted by molar-refractivity contribution is 7.99. The maximum atomic E-state index is 12.5. The Labute approximate surface area is 120 Å². The molecule has 0 aliphatic carbocycles. The molecule has 20 heavy (non-hydrogen) atoms. The molecule has 1 heterocycles. The Hall–Kier alpha value is -1.43. The summed E-state index contributed by atoms with van der Waals surface area (Å²) in [5.41, 5.74) is 0.851. The number of halogens is 3. The van der Waals surface area contributed by atoms with Crippen molar-refractivity contribution in [3.8, 4) is 5.69 Å². The smallest absolute Gasteiger partial charge is 0.241 e. The van der Waals surface area contributed by atoms with Gasteiger partial charge >= 0.3 is 6.18 Å². The number of hydrogen-bond donors (Lipinski definition) is 0. The Bertz CT molecular complexity index is 585. The molecule has 1 aromatic heterocycles. The van der Waals surface area contributed by atoms with Gasteiger partial charge in [0, 0.05) is 6.20 Å². The molecule has 0 unspecified atom stereocenters. The number of benzene rings is 1. The molecule has 2 rings (SSSR count). The summed E-state index contributed by atoms with van der Waals surface area (Å²) >= 11 is 1.67. The Balaban J connectivity index is 2.29. The third kappa shape index (κ3) is 3.00. The normalized spacial score (nSPS) is 12.7. The number of hydrogen-bond acceptors (Lipinski definition) is 2. The lowest BCUT2D eigenvalue weighted by molar-refractivity contribution is -0.137. The van der Waals surface area contributed by atoms with Gasteiger partial charge in [-0.25, -0.2) is 4.68 Å². The number of rotatable bonds is 3. The third-order valence-corrected chi connectivity index (χ3v) is 4.41. The van der Waals surface area contributed by atoms with Crippen molar-refractivity contribution >= 4 is 11.8 Å². The van der Waals surface area contributed by atoms with Crippen LogP contribution in [0.5, 0.6) is 0 Å². The minimum absolute atomic E-state index is 0.128. The first-order valence-electron chi connectivity index (χ1n) is 6.03. The second-order valence-corrected chi connectivity index (χ2v) is 6.33. The molecule has 0 fully saturated rings. The summed E-state index contributed by atoms with van der Waals surface area (Å²) in [6.45, 7) is 4.11. The van der Waals surface area contributed by atoms with E-state index in [-0.39, 0.29) is 4.75 Å². The minimum atomic E-state index is -4.31. The van der Waals surface area contributed by atoms with Gasteiger partial charge in [-0.05, 0) is 50.4 Å². The summed E-state index contributed by atoms with van der Waals surface area (Å²) in [4.78, 5) is 0. The second-order valence-electron chi connectivity index (χ2n) is 4.90. The molecular weight excluding hydrogens is 285 g/mol. The van der Waals surface area contributed by atoms with Crippen LogP contribution in [0, 0.1) is 0 Å². The topological polar surface area (TPSA) is 17.8 Å². The fraction of sp³-hybridized carbons (Fsp3) is 0.357. The van der Waals surface area contributed by atoms with E-state index in [9.17, 15) is 13.2 Å². The van der Waals surface area contributed by atoms with E-state index in [1.54, 1.807) is 22.6 Å². The van der Waals surface area contributed by atoms with Crippen LogP contribution >= 0.6 is 11.8 Å². The molecule has 0 bridgehead atoms. The zero-order valence-electron chi connectivity index (χ0n) is 11.4. The van der Waals surface area contributed by atoms with Gasteiger partial charge in [0.1, 0.15) is 0 Å². The van der Waals surface area contributed by atoms with E-state index in [2.05, 4.69) is 18.9 Å². The third-order valence-electron chi connectivity index (χ3n) is 3.18. The zero-order chi connectivity index (χ0) is 15.0. The van der Waals surface area contributed by atoms with Crippen LogP contribution in [0.1, 0.15) is 25.1 Å². The van der Waals surface area contributed by atoms with Crippen molar-refractivity contribution in [3.05, 3.63) is 47.8 Å². The molecule has 0 N–H and O–H groups in total. The van der Waals surface area contributed by atoms with Gasteiger partial charge in [-0.3, -0.25) is 0 Å². The molecule has 0 amide bonds. The van der Waals surface area contributed by atoms with E-state index >= 15 is 0 Å². The van der Waals surface area contributed by atoms with E-state index in [1.807, 2.05) is 12.3 Å². The fourth-order valence-electron chi connectivity index (χ4n) is 1.70. The molecule has 0 saturated carbocycles. The predicted octanol–water partition coefficient (Wildman–Crippen LogP) is 4.49. The molecule has 0 aliphatic rings. The van der Waals surface area contributed by atoms with Crippen molar-refractivity contribution in [2.24, 2.45) is 0 Å². The number of nitrogens with zero attached hydrogens (tertiary/aromatic N) is 2. The number of alkyl halides is 3. The van der Waals surface area contributed by atoms with E-state index in [4.69, 9.17) is 0 Å². The van der Waals surface area contributed by atoms with Gasteiger partial charge in [-0.2, -0.15) is 30.0 Å². The lowest BCUT2D eigenvalue weighted by atomic mass is 10.1. The lowest BCUT2D eigenvalue weighted by Gasteiger charge is -2.18. The van der Waals surface area contributed by atoms with Crippen LogP contribution in [0.2, 0.25) is 0 Å². The summed E-state index contributed by atoms with van der Waals surface area (Å²) in [7, 11) is 0. The quantitative estimate of drug-likeness (QED) is 0.831. The van der Waals surface area contributed by atoms with Crippen molar-refractivity contribution in [2.75, 3.05) is 6.26 Å². The van der Waals surface area contributed by atoms with Gasteiger partial charge in [0.25, 0.3) is 0 Å². The molecule has 1 aromatic carbocycles. The highest BCUT2D eigenvalue weighted by Gasteiger charge is 2.30. The maximum absolute atomic E-state index is 12.5. The molecule has 6 heteroatoms. The van der Waals surface area contributed by atoms with Crippen LogP contribution in [0.15, 0.2) is 36.5 Å². The van der Waals surface area contributed by atoms with Crippen molar-refractivity contribution < 1.29 is 13.2 Å². The Kier molecular flexibility index (Phi) is 3.86. The Morgan fingerprint density at radius 3 is 2.15 bits per heavy atom. The van der Waals surface area contributed by atoms with Crippen LogP contribution in [0.25, 0.3) is 5.69 Å². The molecule has 0 atom stereocenters. The largest absolute Gasteiger partial charge is 0.416 e. The molecule has 0 saturated heterocycles. The summed E-state index contributed by atoms with van der Waals surface area (Å²) in [6.07, 6.45) is -0.554. The SMILES string of the molecule is CSC(C)(C)c1ccn(-c2ccc(C(F)(F)F)cc2)n1. The monoisotopic (exact) mass is 300 g/mol. The van der Waals surface area contributed by atoms with Crippen LogP contribution in [-0.4, -0.2) is 16.0 Å². The predicted molar refractivity (Wildman–Crippen MR) is 75.1 cm³/mol. The first kappa shape index (κ1) is 15.0. The van der Waals surface area contributed by atoms with E-state index < -0.39 is 11.7 Å². The van der Waals surface area contributed by atoms with Gasteiger partial charge in [0.15, 0.2) is 0 Å². The van der Waals surface area contributed by atoms with Gasteiger partial charge in [0.2, 0.25) is 0 Å². The highest BCUT2D eigenvalue weighted by atomic mass is 32.2. The summed E-state index contributed by atoms with van der Waals surface area (Å²) in [5.74, 6) is 0. The standard InChI is InChI=1S/C14H15F3N2S/c1-13(2,20-3)12-8-9-19(18-12)11-6-4-10(5-7-11)14(15,16)17/h4-9H,1-3H3. The molecule has 2 aromatic rings. The Morgan fingerprint density at radius 1 is 1.05 bits per heavy atom. The molecule has 2 nitrogen and oxygen atoms in total. The number of aromatic nitrogens is 2. The number of thioether (sulfide) groups is 1. The minimum Gasteiger partial charge on any atom is -0.241 e. The van der Waals surface area contributed by atoms with Crippen molar-refractivity contribution in [1.82, 2.24) is 9.78 Å². The molecule has 108 valence electrons. The van der Waals surface area contributed by atoms with Crippen LogP contribution in [0.3, 0.4) is 0 Å². The van der Waals surface area contributed by atoms with E-state index in [0.29, 0.717) is 5.69 Å². The lowest BCUT2D eigenvalue weighted by Crippen LogP contribution is -2.12. The van der Waals surface area contributed by atoms with Gasteiger partial charge in [-0.15, -0.1) is 0 Å². The summed E-state index contributed by atoms with van der Waals surface area (Å²) in [5, 5.41) is 4.43. The highest BCUT2D eigenvalue weighted by Crippen LogP contribution is 2.33. The molecule has 0 spiro atoms. The fourth-order valence-corrected chi connectivity index (χ4v) is 2.01. The summed E-state index contributed by atoms with van der Waals surface area (Å²) in [6, 6.07) is 6.86. The van der Waals surface area contributed by atoms with Crippen LogP contribution < -0.4 is 0 Å². The first-order valence-corrected chi connectivity index (χ1v) is 7.25. The maximum Gasteiger partial charge on any atom is 0.416 e. The van der Waals surface area contributed by atoms with Crippen LogP contribution in [-0.2, 0) is 10.9 Å². The van der Waals surface area contributed by atoms with Crippen LogP contribution in [0.4, 0.5) is 13.2 Å². The zero-order valence-corrected chi connectivity index (χ0v) is 12.2. The molecule has 0 aliphatic heterocycles. The first-order chi connectivity index (χ1) is 9.24. The molecule has 0 radical (unpaired) electrons. The van der Waals surface area contributed by atoms with Gasteiger partial charge < -0.3 is 0 Å².